The lowest BCUT2D eigenvalue weighted by atomic mass is 10.0. The van der Waals surface area contributed by atoms with Gasteiger partial charge in [0, 0.05) is 0 Å². The lowest BCUT2D eigenvalue weighted by molar-refractivity contribution is 0.0526. The summed E-state index contributed by atoms with van der Waals surface area (Å²) in [6.07, 6.45) is 0. The van der Waals surface area contributed by atoms with Gasteiger partial charge in [0.05, 0.1) is 12.2 Å². The molecule has 2 aromatic carbocycles. The fraction of sp³-hybridized carbons (Fsp3) is 0.214. The molecule has 0 atom stereocenters. The zero-order valence-corrected chi connectivity index (χ0v) is 9.49. The summed E-state index contributed by atoms with van der Waals surface area (Å²) in [4.78, 5) is 11.6. The molecule has 0 fully saturated rings. The average molecular weight is 214 g/mol. The highest BCUT2D eigenvalue weighted by Crippen LogP contribution is 2.18. The van der Waals surface area contributed by atoms with Crippen molar-refractivity contribution in [3.8, 4) is 0 Å². The van der Waals surface area contributed by atoms with Crippen LogP contribution in [-0.4, -0.2) is 12.6 Å². The second-order valence-electron chi connectivity index (χ2n) is 3.79. The van der Waals surface area contributed by atoms with Crippen molar-refractivity contribution in [2.24, 2.45) is 0 Å². The number of rotatable bonds is 2. The van der Waals surface area contributed by atoms with Gasteiger partial charge in [0.2, 0.25) is 0 Å². The molecule has 2 aromatic rings. The van der Waals surface area contributed by atoms with E-state index in [1.807, 2.05) is 26.0 Å². The maximum Gasteiger partial charge on any atom is 0.338 e. The number of fused-ring (bicyclic) bond motifs is 1. The quantitative estimate of drug-likeness (QED) is 0.717. The van der Waals surface area contributed by atoms with Crippen LogP contribution in [0.5, 0.6) is 0 Å². The largest absolute Gasteiger partial charge is 0.462 e. The summed E-state index contributed by atoms with van der Waals surface area (Å²) >= 11 is 0. The predicted octanol–water partition coefficient (Wildman–Crippen LogP) is 3.32. The van der Waals surface area contributed by atoms with E-state index in [4.69, 9.17) is 4.74 Å². The Bertz CT molecular complexity index is 529. The monoisotopic (exact) mass is 214 g/mol. The van der Waals surface area contributed by atoms with Crippen molar-refractivity contribution >= 4 is 16.7 Å². The van der Waals surface area contributed by atoms with Crippen LogP contribution in [0.25, 0.3) is 10.8 Å². The molecule has 0 radical (unpaired) electrons. The Balaban J connectivity index is 2.46. The Kier molecular flexibility index (Phi) is 2.91. The number of carbonyl (C=O) groups excluding carboxylic acids is 1. The number of benzene rings is 2. The molecule has 0 N–H and O–H groups in total. The van der Waals surface area contributed by atoms with Gasteiger partial charge in [0.15, 0.2) is 0 Å². The van der Waals surface area contributed by atoms with Gasteiger partial charge < -0.3 is 4.74 Å². The first-order valence-corrected chi connectivity index (χ1v) is 5.38. The van der Waals surface area contributed by atoms with Crippen molar-refractivity contribution in [3.05, 3.63) is 47.5 Å². The third-order valence-electron chi connectivity index (χ3n) is 2.51. The van der Waals surface area contributed by atoms with Gasteiger partial charge in [-0.3, -0.25) is 0 Å². The van der Waals surface area contributed by atoms with E-state index >= 15 is 0 Å². The number of aryl methyl sites for hydroxylation is 1. The highest BCUT2D eigenvalue weighted by Gasteiger charge is 2.06. The fourth-order valence-electron chi connectivity index (χ4n) is 1.71. The third kappa shape index (κ3) is 2.06. The summed E-state index contributed by atoms with van der Waals surface area (Å²) < 4.78 is 4.97. The minimum atomic E-state index is -0.258. The fourth-order valence-corrected chi connectivity index (χ4v) is 1.71. The van der Waals surface area contributed by atoms with Gasteiger partial charge >= 0.3 is 5.97 Å². The number of carbonyl (C=O) groups is 1. The summed E-state index contributed by atoms with van der Waals surface area (Å²) in [6, 6.07) is 11.8. The van der Waals surface area contributed by atoms with E-state index in [1.54, 1.807) is 6.07 Å². The average Bonchev–Trinajstić information content (AvgIpc) is 2.28. The van der Waals surface area contributed by atoms with Crippen molar-refractivity contribution in [2.45, 2.75) is 13.8 Å². The van der Waals surface area contributed by atoms with Gasteiger partial charge in [0.25, 0.3) is 0 Å². The molecule has 0 bridgehead atoms. The van der Waals surface area contributed by atoms with E-state index in [2.05, 4.69) is 18.2 Å². The highest BCUT2D eigenvalue weighted by atomic mass is 16.5. The standard InChI is InChI=1S/C14H14O2/c1-3-16-14(15)12-7-6-11-5-4-10(2)8-13(11)9-12/h4-9H,3H2,1-2H3. The molecule has 0 unspecified atom stereocenters. The second-order valence-corrected chi connectivity index (χ2v) is 3.79. The number of ether oxygens (including phenoxy) is 1. The molecule has 2 rings (SSSR count). The molecule has 0 aliphatic rings. The van der Waals surface area contributed by atoms with Crippen LogP contribution in [0.4, 0.5) is 0 Å². The molecular weight excluding hydrogens is 200 g/mol. The molecule has 0 amide bonds. The molecule has 2 heteroatoms. The molecule has 0 aliphatic carbocycles. The molecule has 0 heterocycles. The Morgan fingerprint density at radius 2 is 1.88 bits per heavy atom. The number of esters is 1. The van der Waals surface area contributed by atoms with E-state index in [-0.39, 0.29) is 5.97 Å². The van der Waals surface area contributed by atoms with Gasteiger partial charge in [-0.1, -0.05) is 29.8 Å². The van der Waals surface area contributed by atoms with Gasteiger partial charge in [-0.25, -0.2) is 4.79 Å². The highest BCUT2D eigenvalue weighted by molar-refractivity contribution is 5.95. The zero-order valence-electron chi connectivity index (χ0n) is 9.49. The summed E-state index contributed by atoms with van der Waals surface area (Å²) in [5.41, 5.74) is 1.80. The molecule has 0 aliphatic heterocycles. The third-order valence-corrected chi connectivity index (χ3v) is 2.51. The summed E-state index contributed by atoms with van der Waals surface area (Å²) in [5, 5.41) is 2.21. The molecule has 2 nitrogen and oxygen atoms in total. The van der Waals surface area contributed by atoms with Crippen LogP contribution in [0.15, 0.2) is 36.4 Å². The van der Waals surface area contributed by atoms with E-state index in [0.717, 1.165) is 10.8 Å². The second kappa shape index (κ2) is 4.35. The molecule has 0 saturated carbocycles. The van der Waals surface area contributed by atoms with Crippen molar-refractivity contribution in [3.63, 3.8) is 0 Å². The van der Waals surface area contributed by atoms with Gasteiger partial charge in [-0.2, -0.15) is 0 Å². The Labute approximate surface area is 94.8 Å². The van der Waals surface area contributed by atoms with E-state index in [9.17, 15) is 4.79 Å². The minimum Gasteiger partial charge on any atom is -0.462 e. The van der Waals surface area contributed by atoms with E-state index in [1.165, 1.54) is 5.56 Å². The van der Waals surface area contributed by atoms with Crippen molar-refractivity contribution in [2.75, 3.05) is 6.61 Å². The van der Waals surface area contributed by atoms with Crippen molar-refractivity contribution < 1.29 is 9.53 Å². The SMILES string of the molecule is CCOC(=O)c1ccc2ccc(C)cc2c1. The summed E-state index contributed by atoms with van der Waals surface area (Å²) in [7, 11) is 0. The first kappa shape index (κ1) is 10.7. The normalized spacial score (nSPS) is 10.4. The van der Waals surface area contributed by atoms with Crippen LogP contribution in [0.3, 0.4) is 0 Å². The predicted molar refractivity (Wildman–Crippen MR) is 64.6 cm³/mol. The van der Waals surface area contributed by atoms with Crippen molar-refractivity contribution in [1.29, 1.82) is 0 Å². The molecule has 0 saturated heterocycles. The van der Waals surface area contributed by atoms with Crippen LogP contribution >= 0.6 is 0 Å². The Morgan fingerprint density at radius 3 is 2.62 bits per heavy atom. The molecule has 0 spiro atoms. The lowest BCUT2D eigenvalue weighted by Gasteiger charge is -2.04. The van der Waals surface area contributed by atoms with Crippen LogP contribution in [0.1, 0.15) is 22.8 Å². The smallest absolute Gasteiger partial charge is 0.338 e. The first-order valence-electron chi connectivity index (χ1n) is 5.38. The Hall–Kier alpha value is -1.83. The summed E-state index contributed by atoms with van der Waals surface area (Å²) in [6.45, 7) is 4.25. The van der Waals surface area contributed by atoms with Crippen LogP contribution in [-0.2, 0) is 4.74 Å². The molecular formula is C14H14O2. The van der Waals surface area contributed by atoms with Crippen molar-refractivity contribution in [1.82, 2.24) is 0 Å². The van der Waals surface area contributed by atoms with Gasteiger partial charge in [0.1, 0.15) is 0 Å². The maximum atomic E-state index is 11.6. The zero-order chi connectivity index (χ0) is 11.5. The number of hydrogen-bond acceptors (Lipinski definition) is 2. The van der Waals surface area contributed by atoms with Crippen LogP contribution < -0.4 is 0 Å². The topological polar surface area (TPSA) is 26.3 Å². The van der Waals surface area contributed by atoms with E-state index in [0.29, 0.717) is 12.2 Å². The van der Waals surface area contributed by atoms with Crippen LogP contribution in [0, 0.1) is 6.92 Å². The molecule has 16 heavy (non-hydrogen) atoms. The van der Waals surface area contributed by atoms with Gasteiger partial charge in [-0.15, -0.1) is 0 Å². The Morgan fingerprint density at radius 1 is 1.12 bits per heavy atom. The van der Waals surface area contributed by atoms with E-state index < -0.39 is 0 Å². The maximum absolute atomic E-state index is 11.6. The minimum absolute atomic E-state index is 0.258. The number of hydrogen-bond donors (Lipinski definition) is 0. The molecule has 82 valence electrons. The van der Waals surface area contributed by atoms with Gasteiger partial charge in [-0.05, 0) is 36.8 Å². The lowest BCUT2D eigenvalue weighted by Crippen LogP contribution is -2.04. The first-order chi connectivity index (χ1) is 7.70. The summed E-state index contributed by atoms with van der Waals surface area (Å²) in [5.74, 6) is -0.258. The van der Waals surface area contributed by atoms with Crippen LogP contribution in [0.2, 0.25) is 0 Å². The molecule has 0 aromatic heterocycles.